The second-order valence-corrected chi connectivity index (χ2v) is 9.27. The molecule has 162 valence electrons. The quantitative estimate of drug-likeness (QED) is 0.207. The molecule has 0 fully saturated rings. The summed E-state index contributed by atoms with van der Waals surface area (Å²) in [6, 6.07) is 46.7. The zero-order chi connectivity index (χ0) is 23.0. The maximum atomic E-state index is 4.28. The van der Waals surface area contributed by atoms with E-state index in [1.165, 1.54) is 48.7 Å². The van der Waals surface area contributed by atoms with Crippen LogP contribution < -0.4 is 16.4 Å². The standard InChI is InChI=1S/C33H26B/c1-2-24-34(31-21-9-15-25-12-3-6-18-28(25)31,32-22-10-16-26-13-4-7-19-29(26)32)33-23-11-17-27-14-5-8-20-30(27)33/h2-23H,1,24H2/q-1. The van der Waals surface area contributed by atoms with E-state index in [4.69, 9.17) is 0 Å². The Morgan fingerprint density at radius 3 is 1.12 bits per heavy atom. The summed E-state index contributed by atoms with van der Waals surface area (Å²) in [6.45, 7) is 4.28. The van der Waals surface area contributed by atoms with E-state index in [0.717, 1.165) is 6.32 Å². The monoisotopic (exact) mass is 433 g/mol. The fourth-order valence-corrected chi connectivity index (χ4v) is 6.17. The highest BCUT2D eigenvalue weighted by atomic mass is 14.1. The predicted octanol–water partition coefficient (Wildman–Crippen LogP) is 6.80. The first-order chi connectivity index (χ1) is 16.8. The van der Waals surface area contributed by atoms with Crippen LogP contribution in [0.5, 0.6) is 0 Å². The zero-order valence-electron chi connectivity index (χ0n) is 19.2. The van der Waals surface area contributed by atoms with E-state index in [1.807, 2.05) is 0 Å². The average Bonchev–Trinajstić information content (AvgIpc) is 2.91. The minimum Gasteiger partial charge on any atom is -0.192 e. The third kappa shape index (κ3) is 3.09. The van der Waals surface area contributed by atoms with Gasteiger partial charge in [0.2, 0.25) is 0 Å². The van der Waals surface area contributed by atoms with Crippen molar-refractivity contribution < 1.29 is 0 Å². The maximum Gasteiger partial charge on any atom is 0.0872 e. The second-order valence-electron chi connectivity index (χ2n) is 9.27. The fourth-order valence-electron chi connectivity index (χ4n) is 6.17. The van der Waals surface area contributed by atoms with Gasteiger partial charge in [-0.1, -0.05) is 144 Å². The Morgan fingerprint density at radius 2 is 0.765 bits per heavy atom. The van der Waals surface area contributed by atoms with Crippen molar-refractivity contribution in [2.24, 2.45) is 0 Å². The van der Waals surface area contributed by atoms with Crippen molar-refractivity contribution in [2.75, 3.05) is 0 Å². The van der Waals surface area contributed by atoms with Gasteiger partial charge in [0.25, 0.3) is 0 Å². The molecule has 0 aliphatic rings. The van der Waals surface area contributed by atoms with Gasteiger partial charge in [-0.3, -0.25) is 0 Å². The van der Waals surface area contributed by atoms with Gasteiger partial charge in [0, 0.05) is 0 Å². The summed E-state index contributed by atoms with van der Waals surface area (Å²) in [4.78, 5) is 0. The van der Waals surface area contributed by atoms with E-state index in [0.29, 0.717) is 0 Å². The molecule has 0 amide bonds. The Balaban J connectivity index is 1.85. The fraction of sp³-hybridized carbons (Fsp3) is 0.0303. The van der Waals surface area contributed by atoms with Crippen molar-refractivity contribution in [3.8, 4) is 0 Å². The summed E-state index contributed by atoms with van der Waals surface area (Å²) in [6.07, 6.45) is 1.61. The lowest BCUT2D eigenvalue weighted by Gasteiger charge is -2.45. The van der Waals surface area contributed by atoms with Crippen LogP contribution in [-0.2, 0) is 0 Å². The molecule has 0 aliphatic heterocycles. The van der Waals surface area contributed by atoms with E-state index in [9.17, 15) is 0 Å². The molecule has 6 rings (SSSR count). The first-order valence-corrected chi connectivity index (χ1v) is 12.1. The highest BCUT2D eigenvalue weighted by molar-refractivity contribution is 7.14. The molecule has 0 radical (unpaired) electrons. The second kappa shape index (κ2) is 8.35. The zero-order valence-corrected chi connectivity index (χ0v) is 19.2. The number of rotatable bonds is 5. The van der Waals surface area contributed by atoms with Crippen molar-refractivity contribution in [2.45, 2.75) is 6.32 Å². The number of hydrogen-bond donors (Lipinski definition) is 0. The van der Waals surface area contributed by atoms with Crippen LogP contribution in [0.2, 0.25) is 6.32 Å². The van der Waals surface area contributed by atoms with E-state index >= 15 is 0 Å². The van der Waals surface area contributed by atoms with Gasteiger partial charge in [-0.25, -0.2) is 0 Å². The number of benzene rings is 6. The summed E-state index contributed by atoms with van der Waals surface area (Å²) in [5.41, 5.74) is 4.14. The molecule has 0 heterocycles. The molecule has 6 aromatic rings. The molecule has 0 saturated heterocycles. The van der Waals surface area contributed by atoms with Crippen molar-refractivity contribution in [3.05, 3.63) is 140 Å². The van der Waals surface area contributed by atoms with E-state index in [-0.39, 0.29) is 0 Å². The maximum absolute atomic E-state index is 4.28. The Bertz CT molecular complexity index is 1450. The van der Waals surface area contributed by atoms with Gasteiger partial charge in [-0.2, -0.15) is 16.4 Å². The van der Waals surface area contributed by atoms with Crippen LogP contribution in [0.3, 0.4) is 0 Å². The molecule has 0 atom stereocenters. The van der Waals surface area contributed by atoms with Gasteiger partial charge in [0.1, 0.15) is 0 Å². The summed E-state index contributed by atoms with van der Waals surface area (Å²) < 4.78 is 0. The summed E-state index contributed by atoms with van der Waals surface area (Å²) in [5, 5.41) is 7.76. The molecule has 0 nitrogen and oxygen atoms in total. The Morgan fingerprint density at radius 1 is 0.441 bits per heavy atom. The van der Waals surface area contributed by atoms with E-state index < -0.39 is 6.15 Å². The average molecular weight is 433 g/mol. The molecule has 1 heteroatoms. The van der Waals surface area contributed by atoms with Gasteiger partial charge in [0.15, 0.2) is 0 Å². The molecule has 0 unspecified atom stereocenters. The highest BCUT2D eigenvalue weighted by Crippen LogP contribution is 2.26. The molecule has 6 aromatic carbocycles. The highest BCUT2D eigenvalue weighted by Gasteiger charge is 2.32. The van der Waals surface area contributed by atoms with Crippen molar-refractivity contribution in [1.82, 2.24) is 0 Å². The lowest BCUT2D eigenvalue weighted by molar-refractivity contribution is 1.60. The van der Waals surface area contributed by atoms with E-state index in [2.05, 4.69) is 140 Å². The van der Waals surface area contributed by atoms with Gasteiger partial charge < -0.3 is 0 Å². The Labute approximate surface area is 201 Å². The predicted molar refractivity (Wildman–Crippen MR) is 152 cm³/mol. The summed E-state index contributed by atoms with van der Waals surface area (Å²) in [5.74, 6) is 0. The molecule has 0 aliphatic carbocycles. The molecule has 0 saturated carbocycles. The minimum atomic E-state index is -1.36. The molecular formula is C33H26B-. The summed E-state index contributed by atoms with van der Waals surface area (Å²) in [7, 11) is 0. The molecule has 0 N–H and O–H groups in total. The molecule has 0 spiro atoms. The molecule has 0 aromatic heterocycles. The van der Waals surface area contributed by atoms with Gasteiger partial charge in [-0.15, -0.1) is 19.0 Å². The number of fused-ring (bicyclic) bond motifs is 3. The lowest BCUT2D eigenvalue weighted by atomic mass is 9.13. The first kappa shape index (κ1) is 20.5. The van der Waals surface area contributed by atoms with Crippen LogP contribution in [0.15, 0.2) is 140 Å². The smallest absolute Gasteiger partial charge is 0.0872 e. The van der Waals surface area contributed by atoms with Crippen molar-refractivity contribution >= 4 is 54.9 Å². The molecule has 0 bridgehead atoms. The lowest BCUT2D eigenvalue weighted by Crippen LogP contribution is -2.67. The van der Waals surface area contributed by atoms with Crippen LogP contribution in [0.1, 0.15) is 0 Å². The van der Waals surface area contributed by atoms with Crippen LogP contribution in [0.4, 0.5) is 0 Å². The third-order valence-electron chi connectivity index (χ3n) is 7.58. The summed E-state index contributed by atoms with van der Waals surface area (Å²) >= 11 is 0. The largest absolute Gasteiger partial charge is 0.192 e. The van der Waals surface area contributed by atoms with Crippen LogP contribution >= 0.6 is 0 Å². The number of allylic oxidation sites excluding steroid dienone is 1. The Hall–Kier alpha value is -4.10. The van der Waals surface area contributed by atoms with E-state index in [1.54, 1.807) is 0 Å². The van der Waals surface area contributed by atoms with Crippen LogP contribution in [0, 0.1) is 0 Å². The topological polar surface area (TPSA) is 0 Å². The van der Waals surface area contributed by atoms with Crippen molar-refractivity contribution in [3.63, 3.8) is 0 Å². The van der Waals surface area contributed by atoms with Gasteiger partial charge in [0.05, 0.1) is 6.15 Å². The van der Waals surface area contributed by atoms with Crippen LogP contribution in [-0.4, -0.2) is 6.15 Å². The first-order valence-electron chi connectivity index (χ1n) is 12.1. The SMILES string of the molecule is C=CC[B-](c1cccc2ccccc12)(c1cccc2ccccc12)c1cccc2ccccc12. The third-order valence-corrected chi connectivity index (χ3v) is 7.58. The minimum absolute atomic E-state index is 0.857. The van der Waals surface area contributed by atoms with Crippen molar-refractivity contribution in [1.29, 1.82) is 0 Å². The number of hydrogen-bond acceptors (Lipinski definition) is 0. The molecule has 34 heavy (non-hydrogen) atoms. The molecular weight excluding hydrogens is 407 g/mol. The van der Waals surface area contributed by atoms with Crippen LogP contribution in [0.25, 0.3) is 32.3 Å². The Kier molecular flexibility index (Phi) is 5.04. The van der Waals surface area contributed by atoms with Gasteiger partial charge >= 0.3 is 0 Å². The van der Waals surface area contributed by atoms with Gasteiger partial charge in [-0.05, 0) is 16.2 Å². The normalized spacial score (nSPS) is 11.8.